The minimum Gasteiger partial charge on any atom is -0.395 e. The quantitative estimate of drug-likeness (QED) is 0.142. The fourth-order valence-corrected chi connectivity index (χ4v) is 4.16. The van der Waals surface area contributed by atoms with Gasteiger partial charge in [0.2, 0.25) is 0 Å². The van der Waals surface area contributed by atoms with Gasteiger partial charge in [-0.05, 0) is 11.6 Å². The topological polar surface area (TPSA) is 183 Å². The first-order valence-electron chi connectivity index (χ1n) is 10.1. The summed E-state index contributed by atoms with van der Waals surface area (Å²) in [4.78, 5) is 19.5. The highest BCUT2D eigenvalue weighted by molar-refractivity contribution is 5.68. The molecule has 0 amide bonds. The van der Waals surface area contributed by atoms with Crippen LogP contribution in [0, 0.1) is 10.1 Å². The molecule has 2 fully saturated rings. The largest absolute Gasteiger partial charge is 0.395 e. The highest BCUT2D eigenvalue weighted by Gasteiger charge is 2.40. The van der Waals surface area contributed by atoms with Gasteiger partial charge in [-0.3, -0.25) is 19.9 Å². The van der Waals surface area contributed by atoms with Crippen molar-refractivity contribution in [1.29, 1.82) is 0 Å². The Hall–Kier alpha value is -2.51. The number of hydrogen-bond donors (Lipinski definition) is 4. The number of β-amino-alcohol motifs (C(OH)–C–C–N with tert-alkyl or cyclic N) is 1. The van der Waals surface area contributed by atoms with Gasteiger partial charge in [0.15, 0.2) is 0 Å². The molecular weight excluding hydrogens is 410 g/mol. The Morgan fingerprint density at radius 2 is 1.87 bits per heavy atom. The number of likely N-dealkylation sites (tertiary alicyclic amines) is 1. The Balaban J connectivity index is 1.58. The third-order valence-corrected chi connectivity index (χ3v) is 5.95. The molecule has 2 saturated heterocycles. The van der Waals surface area contributed by atoms with Crippen LogP contribution in [0.4, 0.5) is 17.1 Å². The SMILES string of the molecule is [N-]=[N+]=Nc1ccc(N2CCN(CCN3C[C@H](O)[C@@H](O)[C@H](O)[C@H]3CO)CC2)c([N+](=O)[O-])c1. The number of aliphatic hydroxyl groups is 4. The Morgan fingerprint density at radius 1 is 1.16 bits per heavy atom. The Labute approximate surface area is 178 Å². The molecule has 3 rings (SSSR count). The van der Waals surface area contributed by atoms with E-state index in [4.69, 9.17) is 5.53 Å². The molecule has 0 aliphatic carbocycles. The molecule has 2 aliphatic rings. The number of piperidine rings is 1. The number of piperazine rings is 1. The number of nitrogens with zero attached hydrogens (tertiary/aromatic N) is 7. The molecule has 0 unspecified atom stereocenters. The highest BCUT2D eigenvalue weighted by atomic mass is 16.6. The molecule has 0 spiro atoms. The predicted molar refractivity (Wildman–Crippen MR) is 111 cm³/mol. The van der Waals surface area contributed by atoms with Crippen LogP contribution in [0.3, 0.4) is 0 Å². The maximum atomic E-state index is 11.4. The molecule has 1 aromatic carbocycles. The van der Waals surface area contributed by atoms with Gasteiger partial charge in [-0.2, -0.15) is 0 Å². The summed E-state index contributed by atoms with van der Waals surface area (Å²) >= 11 is 0. The summed E-state index contributed by atoms with van der Waals surface area (Å²) in [7, 11) is 0. The average molecular weight is 437 g/mol. The van der Waals surface area contributed by atoms with Crippen LogP contribution in [0.2, 0.25) is 0 Å². The van der Waals surface area contributed by atoms with Gasteiger partial charge in [-0.25, -0.2) is 0 Å². The molecule has 170 valence electrons. The molecule has 4 N–H and O–H groups in total. The number of hydrogen-bond acceptors (Lipinski definition) is 10. The van der Waals surface area contributed by atoms with Gasteiger partial charge in [0.05, 0.1) is 23.7 Å². The molecular formula is C18H27N7O6. The number of nitro benzene ring substituents is 1. The lowest BCUT2D eigenvalue weighted by molar-refractivity contribution is -0.384. The molecule has 4 atom stereocenters. The number of nitro groups is 1. The standard InChI is InChI=1S/C18H27N7O6/c19-21-20-12-1-2-13(14(9-12)25(30)31)23-6-3-22(4-7-23)5-8-24-10-16(27)18(29)17(28)15(24)11-26/h1-2,9,15-18,26-29H,3-8,10-11H2/t15-,16+,17-,18-/m1/s1. The van der Waals surface area contributed by atoms with Crippen molar-refractivity contribution in [2.24, 2.45) is 5.11 Å². The minimum atomic E-state index is -1.28. The van der Waals surface area contributed by atoms with E-state index in [-0.39, 0.29) is 24.5 Å². The van der Waals surface area contributed by atoms with E-state index in [0.29, 0.717) is 45.0 Å². The molecule has 0 aromatic heterocycles. The van der Waals surface area contributed by atoms with Gasteiger partial charge in [-0.15, -0.1) is 0 Å². The molecule has 2 heterocycles. The van der Waals surface area contributed by atoms with E-state index in [0.717, 1.165) is 0 Å². The predicted octanol–water partition coefficient (Wildman–Crippen LogP) is -0.582. The lowest BCUT2D eigenvalue weighted by Gasteiger charge is -2.44. The van der Waals surface area contributed by atoms with Gasteiger partial charge in [0.1, 0.15) is 17.9 Å². The highest BCUT2D eigenvalue weighted by Crippen LogP contribution is 2.33. The van der Waals surface area contributed by atoms with E-state index in [1.54, 1.807) is 17.0 Å². The maximum absolute atomic E-state index is 11.4. The first-order valence-corrected chi connectivity index (χ1v) is 10.1. The number of anilines is 1. The van der Waals surface area contributed by atoms with Crippen molar-refractivity contribution in [1.82, 2.24) is 9.80 Å². The molecule has 0 radical (unpaired) electrons. The smallest absolute Gasteiger partial charge is 0.292 e. The van der Waals surface area contributed by atoms with Crippen molar-refractivity contribution in [3.63, 3.8) is 0 Å². The Bertz CT molecular complexity index is 828. The van der Waals surface area contributed by atoms with Crippen LogP contribution >= 0.6 is 0 Å². The number of rotatable bonds is 7. The van der Waals surface area contributed by atoms with Crippen molar-refractivity contribution in [2.45, 2.75) is 24.4 Å². The van der Waals surface area contributed by atoms with Crippen LogP contribution in [0.5, 0.6) is 0 Å². The van der Waals surface area contributed by atoms with Crippen molar-refractivity contribution in [3.8, 4) is 0 Å². The first-order chi connectivity index (χ1) is 14.8. The van der Waals surface area contributed by atoms with Crippen LogP contribution in [0.15, 0.2) is 23.3 Å². The second-order valence-corrected chi connectivity index (χ2v) is 7.74. The summed E-state index contributed by atoms with van der Waals surface area (Å²) in [5, 5.41) is 54.2. The van der Waals surface area contributed by atoms with Crippen LogP contribution in [-0.2, 0) is 0 Å². The third-order valence-electron chi connectivity index (χ3n) is 5.95. The third kappa shape index (κ3) is 5.22. The lowest BCUT2D eigenvalue weighted by atomic mass is 9.94. The molecule has 13 nitrogen and oxygen atoms in total. The monoisotopic (exact) mass is 437 g/mol. The van der Waals surface area contributed by atoms with E-state index in [2.05, 4.69) is 14.9 Å². The van der Waals surface area contributed by atoms with Gasteiger partial charge < -0.3 is 25.3 Å². The number of aliphatic hydroxyl groups excluding tert-OH is 4. The zero-order chi connectivity index (χ0) is 22.5. The van der Waals surface area contributed by atoms with Crippen molar-refractivity contribution < 1.29 is 25.3 Å². The summed E-state index contributed by atoms with van der Waals surface area (Å²) in [6.45, 7) is 3.39. The van der Waals surface area contributed by atoms with Gasteiger partial charge in [0.25, 0.3) is 5.69 Å². The van der Waals surface area contributed by atoms with E-state index in [1.165, 1.54) is 6.07 Å². The summed E-state index contributed by atoms with van der Waals surface area (Å²) in [5.41, 5.74) is 9.07. The van der Waals surface area contributed by atoms with Crippen LogP contribution in [-0.4, -0.2) is 112 Å². The van der Waals surface area contributed by atoms with Gasteiger partial charge in [0, 0.05) is 62.5 Å². The number of benzene rings is 1. The molecule has 31 heavy (non-hydrogen) atoms. The summed E-state index contributed by atoms with van der Waals surface area (Å²) in [6.07, 6.45) is -3.58. The normalized spacial score (nSPS) is 27.7. The summed E-state index contributed by atoms with van der Waals surface area (Å²) in [5.74, 6) is 0. The van der Waals surface area contributed by atoms with Crippen molar-refractivity contribution in [3.05, 3.63) is 38.8 Å². The zero-order valence-corrected chi connectivity index (χ0v) is 16.9. The molecule has 0 saturated carbocycles. The lowest BCUT2D eigenvalue weighted by Crippen LogP contribution is -2.63. The maximum Gasteiger partial charge on any atom is 0.292 e. The van der Waals surface area contributed by atoms with Crippen molar-refractivity contribution >= 4 is 17.1 Å². The second-order valence-electron chi connectivity index (χ2n) is 7.74. The zero-order valence-electron chi connectivity index (χ0n) is 16.9. The minimum absolute atomic E-state index is 0.112. The summed E-state index contributed by atoms with van der Waals surface area (Å²) < 4.78 is 0. The van der Waals surface area contributed by atoms with E-state index < -0.39 is 29.3 Å². The molecule has 13 heteroatoms. The van der Waals surface area contributed by atoms with Crippen LogP contribution in [0.25, 0.3) is 10.4 Å². The van der Waals surface area contributed by atoms with E-state index in [1.807, 2.05) is 4.90 Å². The summed E-state index contributed by atoms with van der Waals surface area (Å²) in [6, 6.07) is 3.76. The molecule has 0 bridgehead atoms. The fourth-order valence-electron chi connectivity index (χ4n) is 4.16. The number of azide groups is 1. The van der Waals surface area contributed by atoms with Crippen LogP contribution in [0.1, 0.15) is 0 Å². The fraction of sp³-hybridized carbons (Fsp3) is 0.667. The van der Waals surface area contributed by atoms with Crippen molar-refractivity contribution in [2.75, 3.05) is 57.3 Å². The van der Waals surface area contributed by atoms with Crippen LogP contribution < -0.4 is 4.90 Å². The molecule has 1 aromatic rings. The Kier molecular flexibility index (Phi) is 7.62. The Morgan fingerprint density at radius 3 is 2.48 bits per heavy atom. The van der Waals surface area contributed by atoms with Gasteiger partial charge in [-0.1, -0.05) is 11.2 Å². The van der Waals surface area contributed by atoms with E-state index in [9.17, 15) is 30.5 Å². The second kappa shape index (κ2) is 10.2. The molecule has 2 aliphatic heterocycles. The average Bonchev–Trinajstić information content (AvgIpc) is 2.76. The first kappa shape index (κ1) is 23.2. The van der Waals surface area contributed by atoms with E-state index >= 15 is 0 Å². The van der Waals surface area contributed by atoms with Gasteiger partial charge >= 0.3 is 0 Å².